The van der Waals surface area contributed by atoms with Crippen LogP contribution in [-0.4, -0.2) is 26.8 Å². The Morgan fingerprint density at radius 3 is 3.07 bits per heavy atom. The largest absolute Gasteiger partial charge is 0.379 e. The van der Waals surface area contributed by atoms with Crippen LogP contribution in [0.5, 0.6) is 0 Å². The van der Waals surface area contributed by atoms with Crippen molar-refractivity contribution in [1.82, 2.24) is 9.78 Å². The molecule has 0 spiro atoms. The predicted octanol–water partition coefficient (Wildman–Crippen LogP) is 2.29. The van der Waals surface area contributed by atoms with Gasteiger partial charge in [-0.2, -0.15) is 16.9 Å². The predicted molar refractivity (Wildman–Crippen MR) is 66.5 cm³/mol. The van der Waals surface area contributed by atoms with Crippen LogP contribution in [-0.2, 0) is 13.5 Å². The van der Waals surface area contributed by atoms with E-state index in [1.807, 2.05) is 11.7 Å². The van der Waals surface area contributed by atoms with E-state index < -0.39 is 0 Å². The molecule has 2 rings (SSSR count). The summed E-state index contributed by atoms with van der Waals surface area (Å²) in [4.78, 5) is 0. The van der Waals surface area contributed by atoms with Gasteiger partial charge in [-0.25, -0.2) is 0 Å². The van der Waals surface area contributed by atoms with Gasteiger partial charge in [-0.05, 0) is 12.8 Å². The van der Waals surface area contributed by atoms with Crippen LogP contribution in [0.3, 0.4) is 0 Å². The summed E-state index contributed by atoms with van der Waals surface area (Å²) in [5, 5.41) is 8.84. The highest BCUT2D eigenvalue weighted by Crippen LogP contribution is 2.29. The second kappa shape index (κ2) is 4.47. The van der Waals surface area contributed by atoms with Crippen LogP contribution < -0.4 is 5.32 Å². The van der Waals surface area contributed by atoms with Crippen LogP contribution in [0.15, 0.2) is 6.20 Å². The maximum absolute atomic E-state index is 4.44. The lowest BCUT2D eigenvalue weighted by molar-refractivity contribution is 0.745. The van der Waals surface area contributed by atoms with E-state index in [9.17, 15) is 0 Å². The van der Waals surface area contributed by atoms with Gasteiger partial charge in [-0.15, -0.1) is 0 Å². The van der Waals surface area contributed by atoms with E-state index in [4.69, 9.17) is 0 Å². The van der Waals surface area contributed by atoms with Gasteiger partial charge >= 0.3 is 0 Å². The number of hydrogen-bond acceptors (Lipinski definition) is 3. The molecule has 1 aliphatic rings. The molecule has 0 radical (unpaired) electrons. The van der Waals surface area contributed by atoms with Crippen molar-refractivity contribution in [2.24, 2.45) is 7.05 Å². The summed E-state index contributed by atoms with van der Waals surface area (Å²) in [7, 11) is 1.98. The summed E-state index contributed by atoms with van der Waals surface area (Å²) >= 11 is 2.06. The molecule has 1 N–H and O–H groups in total. The van der Waals surface area contributed by atoms with Crippen LogP contribution in [0, 0.1) is 0 Å². The molecule has 4 heteroatoms. The van der Waals surface area contributed by atoms with Crippen LogP contribution >= 0.6 is 11.8 Å². The SMILES string of the molecule is CCc1nn(C)cc1NC1CSC(C)C1. The standard InChI is InChI=1S/C11H19N3S/c1-4-10-11(6-14(3)13-10)12-9-5-8(2)15-7-9/h6,8-9,12H,4-5,7H2,1-3H3. The first-order valence-electron chi connectivity index (χ1n) is 5.59. The molecule has 1 saturated heterocycles. The number of thioether (sulfide) groups is 1. The highest BCUT2D eigenvalue weighted by Gasteiger charge is 2.22. The minimum atomic E-state index is 0.625. The lowest BCUT2D eigenvalue weighted by Gasteiger charge is -2.12. The van der Waals surface area contributed by atoms with Crippen molar-refractivity contribution in [2.45, 2.75) is 38.0 Å². The third-order valence-corrected chi connectivity index (χ3v) is 4.15. The van der Waals surface area contributed by atoms with Gasteiger partial charge in [0.1, 0.15) is 0 Å². The topological polar surface area (TPSA) is 29.9 Å². The zero-order chi connectivity index (χ0) is 10.8. The van der Waals surface area contributed by atoms with Gasteiger partial charge in [0.25, 0.3) is 0 Å². The Morgan fingerprint density at radius 2 is 2.47 bits per heavy atom. The highest BCUT2D eigenvalue weighted by molar-refractivity contribution is 8.00. The van der Waals surface area contributed by atoms with Crippen LogP contribution in [0.1, 0.15) is 26.0 Å². The second-order valence-electron chi connectivity index (χ2n) is 4.24. The van der Waals surface area contributed by atoms with Crippen molar-refractivity contribution < 1.29 is 0 Å². The molecule has 0 bridgehead atoms. The van der Waals surface area contributed by atoms with Crippen molar-refractivity contribution in [3.63, 3.8) is 0 Å². The summed E-state index contributed by atoms with van der Waals surface area (Å²) in [6.07, 6.45) is 4.35. The number of nitrogens with zero attached hydrogens (tertiary/aromatic N) is 2. The molecular weight excluding hydrogens is 206 g/mol. The van der Waals surface area contributed by atoms with Gasteiger partial charge in [0, 0.05) is 30.3 Å². The Balaban J connectivity index is 2.03. The third-order valence-electron chi connectivity index (χ3n) is 2.80. The molecule has 2 atom stereocenters. The van der Waals surface area contributed by atoms with Crippen molar-refractivity contribution in [3.8, 4) is 0 Å². The Labute approximate surface area is 95.6 Å². The maximum atomic E-state index is 4.44. The first kappa shape index (κ1) is 10.9. The zero-order valence-electron chi connectivity index (χ0n) is 9.66. The Hall–Kier alpha value is -0.640. The van der Waals surface area contributed by atoms with Crippen LogP contribution in [0.25, 0.3) is 0 Å². The maximum Gasteiger partial charge on any atom is 0.0853 e. The van der Waals surface area contributed by atoms with Gasteiger partial charge in [-0.1, -0.05) is 13.8 Å². The monoisotopic (exact) mass is 225 g/mol. The smallest absolute Gasteiger partial charge is 0.0853 e. The van der Waals surface area contributed by atoms with E-state index in [0.29, 0.717) is 6.04 Å². The van der Waals surface area contributed by atoms with E-state index in [-0.39, 0.29) is 0 Å². The van der Waals surface area contributed by atoms with Gasteiger partial charge < -0.3 is 5.32 Å². The third kappa shape index (κ3) is 2.48. The van der Waals surface area contributed by atoms with Crippen molar-refractivity contribution in [1.29, 1.82) is 0 Å². The Morgan fingerprint density at radius 1 is 1.67 bits per heavy atom. The Bertz CT molecular complexity index is 335. The minimum Gasteiger partial charge on any atom is -0.379 e. The summed E-state index contributed by atoms with van der Waals surface area (Å²) in [6, 6.07) is 0.625. The summed E-state index contributed by atoms with van der Waals surface area (Å²) in [6.45, 7) is 4.45. The lowest BCUT2D eigenvalue weighted by Crippen LogP contribution is -2.19. The molecular formula is C11H19N3S. The van der Waals surface area contributed by atoms with E-state index in [2.05, 4.69) is 42.2 Å². The molecule has 1 fully saturated rings. The first-order chi connectivity index (χ1) is 7.19. The number of rotatable bonds is 3. The van der Waals surface area contributed by atoms with E-state index >= 15 is 0 Å². The number of anilines is 1. The molecule has 15 heavy (non-hydrogen) atoms. The fraction of sp³-hybridized carbons (Fsp3) is 0.727. The van der Waals surface area contributed by atoms with Crippen molar-refractivity contribution in [2.75, 3.05) is 11.1 Å². The average Bonchev–Trinajstić information content (AvgIpc) is 2.73. The van der Waals surface area contributed by atoms with Crippen LogP contribution in [0.2, 0.25) is 0 Å². The average molecular weight is 225 g/mol. The van der Waals surface area contributed by atoms with Gasteiger partial charge in [-0.3, -0.25) is 4.68 Å². The van der Waals surface area contributed by atoms with Gasteiger partial charge in [0.2, 0.25) is 0 Å². The summed E-state index contributed by atoms with van der Waals surface area (Å²) in [5.41, 5.74) is 2.40. The first-order valence-corrected chi connectivity index (χ1v) is 6.64. The van der Waals surface area contributed by atoms with Gasteiger partial charge in [0.15, 0.2) is 0 Å². The number of aromatic nitrogens is 2. The molecule has 1 aliphatic heterocycles. The quantitative estimate of drug-likeness (QED) is 0.856. The van der Waals surface area contributed by atoms with Gasteiger partial charge in [0.05, 0.1) is 11.4 Å². The molecule has 2 heterocycles. The lowest BCUT2D eigenvalue weighted by atomic mass is 10.2. The van der Waals surface area contributed by atoms with E-state index in [0.717, 1.165) is 11.7 Å². The van der Waals surface area contributed by atoms with E-state index in [1.54, 1.807) is 0 Å². The molecule has 1 aromatic heterocycles. The number of hydrogen-bond donors (Lipinski definition) is 1. The molecule has 1 aromatic rings. The Kier molecular flexibility index (Phi) is 3.24. The summed E-state index contributed by atoms with van der Waals surface area (Å²) < 4.78 is 1.90. The van der Waals surface area contributed by atoms with Crippen molar-refractivity contribution in [3.05, 3.63) is 11.9 Å². The fourth-order valence-electron chi connectivity index (χ4n) is 2.05. The molecule has 0 amide bonds. The van der Waals surface area contributed by atoms with Crippen molar-refractivity contribution >= 4 is 17.4 Å². The number of aryl methyl sites for hydroxylation is 2. The zero-order valence-corrected chi connectivity index (χ0v) is 10.5. The molecule has 0 aliphatic carbocycles. The summed E-state index contributed by atoms with van der Waals surface area (Å²) in [5.74, 6) is 1.22. The fourth-order valence-corrected chi connectivity index (χ4v) is 3.20. The van der Waals surface area contributed by atoms with Crippen LogP contribution in [0.4, 0.5) is 5.69 Å². The second-order valence-corrected chi connectivity index (χ2v) is 5.71. The highest BCUT2D eigenvalue weighted by atomic mass is 32.2. The molecule has 84 valence electrons. The molecule has 0 saturated carbocycles. The minimum absolute atomic E-state index is 0.625. The molecule has 3 nitrogen and oxygen atoms in total. The molecule has 2 unspecified atom stereocenters. The molecule has 0 aromatic carbocycles. The number of nitrogens with one attached hydrogen (secondary N) is 1. The van der Waals surface area contributed by atoms with E-state index in [1.165, 1.54) is 23.6 Å². The normalized spacial score (nSPS) is 25.8.